The van der Waals surface area contributed by atoms with Gasteiger partial charge in [-0.05, 0) is 35.9 Å². The van der Waals surface area contributed by atoms with E-state index in [1.807, 2.05) is 0 Å². The van der Waals surface area contributed by atoms with Crippen LogP contribution >= 0.6 is 11.6 Å². The van der Waals surface area contributed by atoms with Crippen molar-refractivity contribution in [2.75, 3.05) is 4.72 Å². The lowest BCUT2D eigenvalue weighted by molar-refractivity contribution is -0.137. The molecule has 0 aliphatic carbocycles. The summed E-state index contributed by atoms with van der Waals surface area (Å²) in [5, 5.41) is -0.458. The summed E-state index contributed by atoms with van der Waals surface area (Å²) in [6.07, 6.45) is -4.57. The fourth-order valence-corrected chi connectivity index (χ4v) is 3.93. The zero-order valence-corrected chi connectivity index (χ0v) is 15.2. The summed E-state index contributed by atoms with van der Waals surface area (Å²) >= 11 is 5.79. The molecule has 0 aromatic heterocycles. The molecule has 0 heterocycles. The Morgan fingerprint density at radius 2 is 1.48 bits per heavy atom. The zero-order chi connectivity index (χ0) is 19.7. The van der Waals surface area contributed by atoms with E-state index in [-0.39, 0.29) is 10.6 Å². The van der Waals surface area contributed by atoms with Crippen molar-refractivity contribution in [1.29, 1.82) is 0 Å². The van der Waals surface area contributed by atoms with E-state index in [9.17, 15) is 21.6 Å². The second-order valence-electron chi connectivity index (χ2n) is 5.66. The molecule has 0 fully saturated rings. The Morgan fingerprint density at radius 3 is 2.11 bits per heavy atom. The monoisotopic (exact) mass is 411 g/mol. The fourth-order valence-electron chi connectivity index (χ4n) is 2.54. The average Bonchev–Trinajstić information content (AvgIpc) is 2.61. The predicted molar refractivity (Wildman–Crippen MR) is 99.1 cm³/mol. The van der Waals surface area contributed by atoms with E-state index in [1.165, 1.54) is 30.3 Å². The third kappa shape index (κ3) is 4.26. The highest BCUT2D eigenvalue weighted by Crippen LogP contribution is 2.38. The molecule has 27 heavy (non-hydrogen) atoms. The lowest BCUT2D eigenvalue weighted by Gasteiger charge is -2.14. The van der Waals surface area contributed by atoms with Crippen molar-refractivity contribution in [2.24, 2.45) is 0 Å². The molecule has 0 unspecified atom stereocenters. The summed E-state index contributed by atoms with van der Waals surface area (Å²) in [7, 11) is -3.85. The van der Waals surface area contributed by atoms with Crippen LogP contribution in [0.5, 0.6) is 0 Å². The summed E-state index contributed by atoms with van der Waals surface area (Å²) in [6, 6.07) is 17.5. The van der Waals surface area contributed by atoms with Crippen LogP contribution in [-0.2, 0) is 16.2 Å². The van der Waals surface area contributed by atoms with Crippen LogP contribution in [0.3, 0.4) is 0 Å². The van der Waals surface area contributed by atoms with E-state index in [2.05, 4.69) is 4.72 Å². The van der Waals surface area contributed by atoms with Gasteiger partial charge in [-0.2, -0.15) is 13.2 Å². The smallest absolute Gasteiger partial charge is 0.279 e. The molecule has 0 amide bonds. The number of benzene rings is 3. The van der Waals surface area contributed by atoms with Crippen LogP contribution in [0.25, 0.3) is 11.1 Å². The van der Waals surface area contributed by atoms with Crippen LogP contribution in [0.4, 0.5) is 18.9 Å². The summed E-state index contributed by atoms with van der Waals surface area (Å²) in [5.41, 5.74) is 0.0550. The highest BCUT2D eigenvalue weighted by atomic mass is 35.5. The molecule has 3 aromatic rings. The van der Waals surface area contributed by atoms with Gasteiger partial charge >= 0.3 is 6.18 Å². The van der Waals surface area contributed by atoms with Gasteiger partial charge in [-0.1, -0.05) is 54.1 Å². The van der Waals surface area contributed by atoms with Gasteiger partial charge in [0.1, 0.15) is 0 Å². The minimum Gasteiger partial charge on any atom is -0.279 e. The number of rotatable bonds is 4. The van der Waals surface area contributed by atoms with Gasteiger partial charge in [0.2, 0.25) is 0 Å². The van der Waals surface area contributed by atoms with Gasteiger partial charge in [-0.3, -0.25) is 4.72 Å². The molecular weight excluding hydrogens is 399 g/mol. The van der Waals surface area contributed by atoms with Crippen molar-refractivity contribution in [2.45, 2.75) is 11.1 Å². The van der Waals surface area contributed by atoms with Crippen molar-refractivity contribution in [3.8, 4) is 11.1 Å². The second-order valence-corrected chi connectivity index (χ2v) is 7.75. The van der Waals surface area contributed by atoms with E-state index in [1.54, 1.807) is 36.4 Å². The number of nitrogens with one attached hydrogen (secondary N) is 1. The lowest BCUT2D eigenvalue weighted by atomic mass is 10.0. The first-order valence-corrected chi connectivity index (χ1v) is 9.58. The Balaban J connectivity index is 2.02. The third-order valence-corrected chi connectivity index (χ3v) is 5.50. The summed E-state index contributed by atoms with van der Waals surface area (Å²) in [4.78, 5) is 0.0743. The van der Waals surface area contributed by atoms with Gasteiger partial charge in [0.15, 0.2) is 0 Å². The molecule has 0 bridgehead atoms. The Labute approximate surface area is 159 Å². The Bertz CT molecular complexity index is 1070. The van der Waals surface area contributed by atoms with Crippen LogP contribution < -0.4 is 4.72 Å². The Hall–Kier alpha value is -2.51. The third-order valence-electron chi connectivity index (χ3n) is 3.81. The first-order valence-electron chi connectivity index (χ1n) is 7.72. The molecule has 0 spiro atoms. The number of hydrogen-bond donors (Lipinski definition) is 1. The highest BCUT2D eigenvalue weighted by molar-refractivity contribution is 7.92. The molecule has 0 saturated heterocycles. The largest absolute Gasteiger partial charge is 0.417 e. The maximum Gasteiger partial charge on any atom is 0.417 e. The number of alkyl halides is 3. The van der Waals surface area contributed by atoms with Gasteiger partial charge in [-0.25, -0.2) is 8.42 Å². The van der Waals surface area contributed by atoms with Gasteiger partial charge in [0.25, 0.3) is 10.0 Å². The molecule has 0 aliphatic rings. The maximum atomic E-state index is 12.9. The standard InChI is InChI=1S/C19H13ClF3NO2S/c20-17-12-13(10-11-16(17)19(21,22)23)15-8-4-5-9-18(15)24-27(25,26)14-6-2-1-3-7-14/h1-12,24H. The molecule has 3 nitrogen and oxygen atoms in total. The Kier molecular flexibility index (Phi) is 5.17. The normalized spacial score (nSPS) is 12.0. The van der Waals surface area contributed by atoms with Crippen molar-refractivity contribution >= 4 is 27.3 Å². The topological polar surface area (TPSA) is 46.2 Å². The van der Waals surface area contributed by atoms with Crippen molar-refractivity contribution in [1.82, 2.24) is 0 Å². The van der Waals surface area contributed by atoms with Gasteiger partial charge in [0, 0.05) is 5.56 Å². The minimum absolute atomic E-state index is 0.0743. The molecule has 3 rings (SSSR count). The minimum atomic E-state index is -4.57. The number of hydrogen-bond acceptors (Lipinski definition) is 2. The van der Waals surface area contributed by atoms with E-state index >= 15 is 0 Å². The number of halogens is 4. The molecule has 8 heteroatoms. The highest BCUT2D eigenvalue weighted by Gasteiger charge is 2.33. The maximum absolute atomic E-state index is 12.9. The summed E-state index contributed by atoms with van der Waals surface area (Å²) < 4.78 is 66.3. The molecule has 1 N–H and O–H groups in total. The van der Waals surface area contributed by atoms with Crippen molar-refractivity contribution in [3.63, 3.8) is 0 Å². The van der Waals surface area contributed by atoms with E-state index < -0.39 is 26.8 Å². The SMILES string of the molecule is O=S(=O)(Nc1ccccc1-c1ccc(C(F)(F)F)c(Cl)c1)c1ccccc1. The number of anilines is 1. The zero-order valence-electron chi connectivity index (χ0n) is 13.7. The fraction of sp³-hybridized carbons (Fsp3) is 0.0526. The van der Waals surface area contributed by atoms with Crippen LogP contribution in [0.2, 0.25) is 5.02 Å². The molecule has 0 radical (unpaired) electrons. The number of para-hydroxylation sites is 1. The summed E-state index contributed by atoms with van der Waals surface area (Å²) in [5.74, 6) is 0. The van der Waals surface area contributed by atoms with E-state index in [0.29, 0.717) is 11.1 Å². The van der Waals surface area contributed by atoms with Gasteiger partial charge in [0.05, 0.1) is 21.2 Å². The average molecular weight is 412 g/mol. The molecule has 140 valence electrons. The molecule has 3 aromatic carbocycles. The van der Waals surface area contributed by atoms with Crippen LogP contribution in [0.1, 0.15) is 5.56 Å². The summed E-state index contributed by atoms with van der Waals surface area (Å²) in [6.45, 7) is 0. The molecule has 0 saturated carbocycles. The molecule has 0 aliphatic heterocycles. The van der Waals surface area contributed by atoms with E-state index in [0.717, 1.165) is 6.07 Å². The number of sulfonamides is 1. The first-order chi connectivity index (χ1) is 12.7. The van der Waals surface area contributed by atoms with Crippen molar-refractivity contribution < 1.29 is 21.6 Å². The quantitative estimate of drug-likeness (QED) is 0.587. The Morgan fingerprint density at radius 1 is 0.852 bits per heavy atom. The van der Waals surface area contributed by atoms with Gasteiger partial charge in [-0.15, -0.1) is 0 Å². The predicted octanol–water partition coefficient (Wildman–Crippen LogP) is 5.83. The molecular formula is C19H13ClF3NO2S. The van der Waals surface area contributed by atoms with Crippen LogP contribution in [0.15, 0.2) is 77.7 Å². The van der Waals surface area contributed by atoms with Gasteiger partial charge < -0.3 is 0 Å². The van der Waals surface area contributed by atoms with Crippen molar-refractivity contribution in [3.05, 3.63) is 83.4 Å². The van der Waals surface area contributed by atoms with E-state index in [4.69, 9.17) is 11.6 Å². The van der Waals surface area contributed by atoms with Crippen LogP contribution in [-0.4, -0.2) is 8.42 Å². The van der Waals surface area contributed by atoms with Crippen LogP contribution in [0, 0.1) is 0 Å². The lowest BCUT2D eigenvalue weighted by Crippen LogP contribution is -2.13. The first kappa shape index (κ1) is 19.3. The second kappa shape index (κ2) is 7.25. The molecule has 0 atom stereocenters.